The zero-order valence-corrected chi connectivity index (χ0v) is 83.2. The molecule has 0 radical (unpaired) electrons. The van der Waals surface area contributed by atoms with Crippen LogP contribution in [0.25, 0.3) is 10.9 Å². The highest BCUT2D eigenvalue weighted by Crippen LogP contribution is 2.23. The standard InChI is InChI=1S/C101H135N27O19/c1-56(2)42-75(89(137)112-53-85(134)115-74(87(103)135)44-64-32-36-68(131)37-33-64)118-90(138)73(31-21-41-109-101(106)107)117-92(140)79(48-65-34-38-69(132)39-35-65)120-95(143)80(47-63-26-16-11-17-27-63)124-99(147)86(58(5)6)125-98(146)83(114-60(8)130)55-128-54-67(126-127-128)50-82(113-59(7)129)97(145)122-78(46-62-24-14-10-15-25-62)94(142)123-81(49-66-51-110-71-29-19-18-28-70(66)71)96(144)121-77(45-61-22-12-9-13-23-61)93(141)119-76(43-57(3)4)91(139)116-72(30-20-40-108-100(104)105)88(136)111-52-84(102)133/h9-19,22-29,32-39,51,54,56-58,72-83,86,110,131-132H,20-21,30-31,40-50,52-53,55H2,1-8H3,(H2,102,133)(H2,103,135)(H,111,136)(H,112,137)(H,113,129)(H,114,130)(H,115,134)(H,116,139)(H,117,140)(H,118,138)(H,119,141)(H,120,143)(H,121,144)(H,122,145)(H,123,142)(H,124,147)(H,125,146)(H4,104,105,108)(H4,106,107,109)/t72-,73-,74-,75-,76-,77-,78-,79-,80-,81-,82-,83?,86-/m0/s1. The SMILES string of the molecule is CC(=O)NC(Cn1cc(C[C@H](NC(C)=O)C(=O)N[C@@H](Cc2ccccc2)C(=O)N[C@@H](Cc2c[nH]c3ccccc23)C(=O)N[C@@H](Cc2ccccc2)C(=O)N[C@@H](CC(C)C)C(=O)N[C@@H](CCCNC(=N)N)C(=O)NCC(N)=O)nn1)C(=O)N[C@H](C(=O)N[C@@H](Cc1ccccc1)C(=O)N[C@@H](Cc1ccc(O)cc1)C(=O)N[C@@H](CCCNC(=N)N)C(=O)N[C@@H](CC(C)C)C(=O)NCC(=O)N[C@@H](Cc1ccc(O)cc1)C(N)=O)C(C)C. The lowest BCUT2D eigenvalue weighted by Gasteiger charge is -2.29. The second kappa shape index (κ2) is 58.0. The summed E-state index contributed by atoms with van der Waals surface area (Å²) in [5.74, 6) is -16.8. The molecule has 2 heterocycles. The second-order valence-corrected chi connectivity index (χ2v) is 36.9. The number of phenolic OH excluding ortho intramolecular Hbond substituents is 2. The van der Waals surface area contributed by atoms with Gasteiger partial charge in [-0.1, -0.05) is 180 Å². The van der Waals surface area contributed by atoms with Crippen molar-refractivity contribution in [3.8, 4) is 11.5 Å². The van der Waals surface area contributed by atoms with Gasteiger partial charge in [-0.15, -0.1) is 5.10 Å². The van der Waals surface area contributed by atoms with Crippen LogP contribution in [0.3, 0.4) is 0 Å². The van der Waals surface area contributed by atoms with Crippen molar-refractivity contribution < 1.29 is 91.7 Å². The molecule has 17 amide bonds. The van der Waals surface area contributed by atoms with E-state index in [4.69, 9.17) is 33.8 Å². The second-order valence-electron chi connectivity index (χ2n) is 36.9. The Hall–Kier alpha value is -16.9. The molecule has 8 rings (SSSR count). The minimum absolute atomic E-state index is 0.00676. The number of nitrogens with zero attached hydrogens (tertiary/aromatic N) is 3. The van der Waals surface area contributed by atoms with Crippen LogP contribution in [0.1, 0.15) is 133 Å². The number of fused-ring (bicyclic) bond motifs is 1. The van der Waals surface area contributed by atoms with Gasteiger partial charge in [0, 0.05) is 95.2 Å². The first kappa shape index (κ1) is 115. The van der Waals surface area contributed by atoms with E-state index >= 15 is 33.6 Å². The minimum Gasteiger partial charge on any atom is -0.508 e. The van der Waals surface area contributed by atoms with Crippen LogP contribution in [0.4, 0.5) is 0 Å². The molecule has 0 aliphatic carbocycles. The molecule has 0 spiro atoms. The normalized spacial score (nSPS) is 13.8. The monoisotopic (exact) mass is 2030 g/mol. The largest absolute Gasteiger partial charge is 0.508 e. The van der Waals surface area contributed by atoms with Crippen LogP contribution in [-0.2, 0) is 133 Å². The topological polar surface area (TPSA) is 733 Å². The first-order valence-electron chi connectivity index (χ1n) is 48.2. The van der Waals surface area contributed by atoms with Gasteiger partial charge in [0.05, 0.1) is 25.3 Å². The quantitative estimate of drug-likeness (QED) is 0.0111. The van der Waals surface area contributed by atoms with Crippen molar-refractivity contribution in [3.05, 3.63) is 215 Å². The van der Waals surface area contributed by atoms with E-state index in [1.165, 1.54) is 54.7 Å². The predicted molar refractivity (Wildman–Crippen MR) is 543 cm³/mol. The molecule has 0 saturated carbocycles. The first-order valence-corrected chi connectivity index (χ1v) is 48.2. The molecule has 8 aromatic rings. The maximum atomic E-state index is 15.4. The fraction of sp³-hybridized carbons (Fsp3) is 0.416. The fourth-order valence-corrected chi connectivity index (χ4v) is 16.0. The summed E-state index contributed by atoms with van der Waals surface area (Å²) < 4.78 is 1.14. The maximum absolute atomic E-state index is 15.4. The highest BCUT2D eigenvalue weighted by Gasteiger charge is 2.40. The van der Waals surface area contributed by atoms with Crippen LogP contribution in [-0.4, -0.2) is 247 Å². The molecule has 0 aliphatic rings. The zero-order chi connectivity index (χ0) is 108. The van der Waals surface area contributed by atoms with Crippen molar-refractivity contribution in [2.24, 2.45) is 40.7 Å². The van der Waals surface area contributed by atoms with Gasteiger partial charge in [-0.3, -0.25) is 92.3 Å². The van der Waals surface area contributed by atoms with Crippen LogP contribution in [0.5, 0.6) is 11.5 Å². The molecule has 46 heteroatoms. The Labute approximate surface area is 849 Å². The number of hydrogen-bond donors (Lipinski definition) is 26. The first-order chi connectivity index (χ1) is 69.9. The Morgan fingerprint density at radius 2 is 0.707 bits per heavy atom. The third-order valence-corrected chi connectivity index (χ3v) is 23.3. The van der Waals surface area contributed by atoms with Crippen molar-refractivity contribution >= 4 is 123 Å². The Morgan fingerprint density at radius 3 is 1.13 bits per heavy atom. The summed E-state index contributed by atoms with van der Waals surface area (Å²) in [6, 6.07) is 25.2. The molecule has 13 atom stereocenters. The number of hydrogen-bond acceptors (Lipinski definition) is 23. The van der Waals surface area contributed by atoms with Gasteiger partial charge in [0.15, 0.2) is 11.9 Å². The number of aromatic nitrogens is 4. The number of carbonyl (C=O) groups is 17. The van der Waals surface area contributed by atoms with Gasteiger partial charge < -0.3 is 129 Å². The van der Waals surface area contributed by atoms with E-state index in [1.807, 2.05) is 0 Å². The van der Waals surface area contributed by atoms with Crippen molar-refractivity contribution in [1.82, 2.24) is 110 Å². The molecule has 6 aromatic carbocycles. The van der Waals surface area contributed by atoms with E-state index in [0.29, 0.717) is 44.3 Å². The number of aromatic hydroxyl groups is 2. The number of nitrogens with two attached hydrogens (primary N) is 4. The Morgan fingerprint density at radius 1 is 0.361 bits per heavy atom. The number of H-pyrrole nitrogens is 1. The summed E-state index contributed by atoms with van der Waals surface area (Å²) in [4.78, 5) is 245. The third-order valence-electron chi connectivity index (χ3n) is 23.3. The van der Waals surface area contributed by atoms with Gasteiger partial charge in [-0.05, 0) is 120 Å². The van der Waals surface area contributed by atoms with Crippen molar-refractivity contribution in [2.45, 2.75) is 224 Å². The number of nitrogens with one attached hydrogen (secondary N) is 20. The lowest BCUT2D eigenvalue weighted by atomic mass is 9.99. The highest BCUT2D eigenvalue weighted by molar-refractivity contribution is 6.01. The molecule has 0 fully saturated rings. The van der Waals surface area contributed by atoms with Crippen molar-refractivity contribution in [2.75, 3.05) is 26.2 Å². The third kappa shape index (κ3) is 40.1. The number of aromatic amines is 1. The van der Waals surface area contributed by atoms with Crippen LogP contribution < -0.4 is 113 Å². The highest BCUT2D eigenvalue weighted by atomic mass is 16.3. The van der Waals surface area contributed by atoms with E-state index < -0.39 is 217 Å². The summed E-state index contributed by atoms with van der Waals surface area (Å²) in [5.41, 5.74) is 25.8. The molecular weight excluding hydrogens is 1900 g/mol. The van der Waals surface area contributed by atoms with Crippen molar-refractivity contribution in [3.63, 3.8) is 0 Å². The number of phenols is 2. The lowest BCUT2D eigenvalue weighted by Crippen LogP contribution is -2.61. The van der Waals surface area contributed by atoms with E-state index in [0.717, 1.165) is 18.5 Å². The maximum Gasteiger partial charge on any atom is 0.245 e. The fourth-order valence-electron chi connectivity index (χ4n) is 16.0. The smallest absolute Gasteiger partial charge is 0.245 e. The average Bonchev–Trinajstić information content (AvgIpc) is 1.70. The van der Waals surface area contributed by atoms with Crippen LogP contribution >= 0.6 is 0 Å². The number of primary amides is 2. The van der Waals surface area contributed by atoms with Gasteiger partial charge in [-0.2, -0.15) is 0 Å². The lowest BCUT2D eigenvalue weighted by molar-refractivity contribution is -0.136. The molecule has 147 heavy (non-hydrogen) atoms. The molecule has 0 aliphatic heterocycles. The van der Waals surface area contributed by atoms with E-state index in [2.05, 4.69) is 106 Å². The van der Waals surface area contributed by atoms with Gasteiger partial charge >= 0.3 is 0 Å². The zero-order valence-electron chi connectivity index (χ0n) is 83.2. The van der Waals surface area contributed by atoms with Gasteiger partial charge in [0.25, 0.3) is 0 Å². The average molecular weight is 2030 g/mol. The number of amides is 17. The predicted octanol–water partition coefficient (Wildman–Crippen LogP) is -2.01. The van der Waals surface area contributed by atoms with Crippen LogP contribution in [0.2, 0.25) is 0 Å². The van der Waals surface area contributed by atoms with Crippen LogP contribution in [0.15, 0.2) is 176 Å². The molecule has 0 bridgehead atoms. The van der Waals surface area contributed by atoms with Gasteiger partial charge in [0.2, 0.25) is 100 Å². The molecule has 30 N–H and O–H groups in total. The summed E-state index contributed by atoms with van der Waals surface area (Å²) in [7, 11) is 0. The molecule has 46 nitrogen and oxygen atoms in total. The van der Waals surface area contributed by atoms with Crippen LogP contribution in [0, 0.1) is 28.6 Å². The number of guanidine groups is 2. The summed E-state index contributed by atoms with van der Waals surface area (Å²) in [6.45, 7) is 11.0. The summed E-state index contributed by atoms with van der Waals surface area (Å²) in [6.07, 6.45) is 1.50. The van der Waals surface area contributed by atoms with Gasteiger partial charge in [-0.25, -0.2) is 4.68 Å². The molecule has 1 unspecified atom stereocenters. The summed E-state index contributed by atoms with van der Waals surface area (Å²) >= 11 is 0. The van der Waals surface area contributed by atoms with E-state index in [1.54, 1.807) is 163 Å². The number of benzene rings is 6. The van der Waals surface area contributed by atoms with E-state index in [9.17, 15) is 58.2 Å². The Bertz CT molecular complexity index is 5850. The van der Waals surface area contributed by atoms with Gasteiger partial charge in [0.1, 0.15) is 90.0 Å². The summed E-state index contributed by atoms with van der Waals surface area (Å²) in [5, 5.41) is 89.8. The number of rotatable bonds is 59. The van der Waals surface area contributed by atoms with E-state index in [-0.39, 0.29) is 125 Å². The number of carbonyl (C=O) groups excluding carboxylic acids is 17. The number of para-hydroxylation sites is 1. The Balaban J connectivity index is 1.01. The molecule has 0 saturated heterocycles. The molecule has 2 aromatic heterocycles. The molecule has 788 valence electrons. The Kier molecular flexibility index (Phi) is 45.6. The minimum atomic E-state index is -1.59. The molecular formula is C101H135N27O19. The van der Waals surface area contributed by atoms with Crippen molar-refractivity contribution in [1.29, 1.82) is 10.8 Å².